The van der Waals surface area contributed by atoms with Gasteiger partial charge < -0.3 is 4.79 Å². The van der Waals surface area contributed by atoms with Gasteiger partial charge in [-0.05, 0) is 12.8 Å². The number of carbonyl (C=O) groups is 1. The SMILES string of the molecule is NN1CCCCCC1C=O. The zero-order chi connectivity index (χ0) is 7.40. The second-order valence-electron chi connectivity index (χ2n) is 2.79. The Morgan fingerprint density at radius 1 is 1.40 bits per heavy atom. The summed E-state index contributed by atoms with van der Waals surface area (Å²) < 4.78 is 0. The topological polar surface area (TPSA) is 46.3 Å². The normalized spacial score (nSPS) is 29.5. The minimum absolute atomic E-state index is 0.0255. The van der Waals surface area contributed by atoms with Crippen LogP contribution in [0.3, 0.4) is 0 Å². The van der Waals surface area contributed by atoms with Crippen LogP contribution in [0.4, 0.5) is 0 Å². The van der Waals surface area contributed by atoms with Crippen molar-refractivity contribution in [2.75, 3.05) is 6.54 Å². The number of hydrogen-bond acceptors (Lipinski definition) is 3. The summed E-state index contributed by atoms with van der Waals surface area (Å²) in [6, 6.07) is -0.0255. The number of carbonyl (C=O) groups excluding carboxylic acids is 1. The lowest BCUT2D eigenvalue weighted by molar-refractivity contribution is -0.112. The van der Waals surface area contributed by atoms with Crippen LogP contribution >= 0.6 is 0 Å². The first-order valence-electron chi connectivity index (χ1n) is 3.81. The molecule has 0 aliphatic carbocycles. The van der Waals surface area contributed by atoms with Gasteiger partial charge in [0.25, 0.3) is 0 Å². The Morgan fingerprint density at radius 2 is 2.20 bits per heavy atom. The molecule has 1 aliphatic rings. The monoisotopic (exact) mass is 142 g/mol. The Kier molecular flexibility index (Phi) is 2.83. The molecular formula is C7H14N2O. The Bertz CT molecular complexity index is 116. The maximum atomic E-state index is 10.4. The van der Waals surface area contributed by atoms with Crippen LogP contribution in [0.25, 0.3) is 0 Å². The largest absolute Gasteiger partial charge is 0.302 e. The van der Waals surface area contributed by atoms with Crippen molar-refractivity contribution >= 4 is 6.29 Å². The van der Waals surface area contributed by atoms with Crippen molar-refractivity contribution in [1.82, 2.24) is 5.01 Å². The van der Waals surface area contributed by atoms with Crippen molar-refractivity contribution in [2.45, 2.75) is 31.7 Å². The summed E-state index contributed by atoms with van der Waals surface area (Å²) in [5.41, 5.74) is 0. The molecule has 2 N–H and O–H groups in total. The van der Waals surface area contributed by atoms with Crippen LogP contribution in [-0.2, 0) is 4.79 Å². The summed E-state index contributed by atoms with van der Waals surface area (Å²) in [5, 5.41) is 1.65. The molecule has 10 heavy (non-hydrogen) atoms. The molecular weight excluding hydrogens is 128 g/mol. The first-order valence-corrected chi connectivity index (χ1v) is 3.81. The van der Waals surface area contributed by atoms with Gasteiger partial charge in [0.15, 0.2) is 0 Å². The van der Waals surface area contributed by atoms with Crippen molar-refractivity contribution in [3.8, 4) is 0 Å². The fraction of sp³-hybridized carbons (Fsp3) is 0.857. The average molecular weight is 142 g/mol. The number of nitrogens with two attached hydrogens (primary N) is 1. The molecule has 1 heterocycles. The molecule has 1 fully saturated rings. The number of aldehydes is 1. The summed E-state index contributed by atoms with van der Waals surface area (Å²) >= 11 is 0. The van der Waals surface area contributed by atoms with E-state index in [4.69, 9.17) is 5.84 Å². The van der Waals surface area contributed by atoms with Gasteiger partial charge in [-0.25, -0.2) is 5.01 Å². The van der Waals surface area contributed by atoms with Crippen molar-refractivity contribution in [1.29, 1.82) is 0 Å². The lowest BCUT2D eigenvalue weighted by Gasteiger charge is -2.18. The predicted molar refractivity (Wildman–Crippen MR) is 39.2 cm³/mol. The molecule has 0 bridgehead atoms. The molecule has 0 saturated carbocycles. The van der Waals surface area contributed by atoms with E-state index in [-0.39, 0.29) is 6.04 Å². The second-order valence-corrected chi connectivity index (χ2v) is 2.79. The van der Waals surface area contributed by atoms with Crippen molar-refractivity contribution in [3.05, 3.63) is 0 Å². The first kappa shape index (κ1) is 7.69. The summed E-state index contributed by atoms with van der Waals surface area (Å²) in [4.78, 5) is 10.4. The molecule has 0 amide bonds. The van der Waals surface area contributed by atoms with Gasteiger partial charge in [-0.1, -0.05) is 12.8 Å². The standard InChI is InChI=1S/C7H14N2O/c8-9-5-3-1-2-4-7(9)6-10/h6-7H,1-5,8H2. The number of rotatable bonds is 1. The minimum Gasteiger partial charge on any atom is -0.302 e. The van der Waals surface area contributed by atoms with Crippen LogP contribution in [0.2, 0.25) is 0 Å². The molecule has 1 atom stereocenters. The van der Waals surface area contributed by atoms with Crippen LogP contribution < -0.4 is 5.84 Å². The van der Waals surface area contributed by atoms with E-state index in [0.717, 1.165) is 32.1 Å². The van der Waals surface area contributed by atoms with E-state index in [1.165, 1.54) is 6.42 Å². The first-order chi connectivity index (χ1) is 4.84. The Labute approximate surface area is 61.2 Å². The van der Waals surface area contributed by atoms with Crippen molar-refractivity contribution in [3.63, 3.8) is 0 Å². The van der Waals surface area contributed by atoms with E-state index in [0.29, 0.717) is 0 Å². The molecule has 1 unspecified atom stereocenters. The molecule has 58 valence electrons. The van der Waals surface area contributed by atoms with E-state index in [1.807, 2.05) is 0 Å². The lowest BCUT2D eigenvalue weighted by atomic mass is 10.1. The van der Waals surface area contributed by atoms with E-state index in [1.54, 1.807) is 5.01 Å². The molecule has 0 aromatic heterocycles. The summed E-state index contributed by atoms with van der Waals surface area (Å²) in [5.74, 6) is 5.59. The summed E-state index contributed by atoms with van der Waals surface area (Å²) in [6.07, 6.45) is 5.35. The zero-order valence-corrected chi connectivity index (χ0v) is 6.12. The third-order valence-electron chi connectivity index (χ3n) is 2.00. The number of nitrogens with zero attached hydrogens (tertiary/aromatic N) is 1. The minimum atomic E-state index is -0.0255. The van der Waals surface area contributed by atoms with Gasteiger partial charge in [0.05, 0.1) is 6.04 Å². The quantitative estimate of drug-likeness (QED) is 0.423. The van der Waals surface area contributed by atoms with E-state index in [9.17, 15) is 4.79 Å². The molecule has 0 spiro atoms. The van der Waals surface area contributed by atoms with Gasteiger partial charge in [0.1, 0.15) is 6.29 Å². The molecule has 3 heteroatoms. The van der Waals surface area contributed by atoms with Gasteiger partial charge in [-0.3, -0.25) is 5.84 Å². The van der Waals surface area contributed by atoms with Crippen molar-refractivity contribution in [2.24, 2.45) is 5.84 Å². The van der Waals surface area contributed by atoms with Gasteiger partial charge >= 0.3 is 0 Å². The molecule has 1 aliphatic heterocycles. The van der Waals surface area contributed by atoms with Gasteiger partial charge in [-0.2, -0.15) is 0 Å². The van der Waals surface area contributed by atoms with Gasteiger partial charge in [0, 0.05) is 6.54 Å². The zero-order valence-electron chi connectivity index (χ0n) is 6.12. The van der Waals surface area contributed by atoms with Crippen LogP contribution in [0, 0.1) is 0 Å². The number of hydrazine groups is 1. The third-order valence-corrected chi connectivity index (χ3v) is 2.00. The highest BCUT2D eigenvalue weighted by molar-refractivity contribution is 5.57. The Morgan fingerprint density at radius 3 is 2.90 bits per heavy atom. The second kappa shape index (κ2) is 3.68. The highest BCUT2D eigenvalue weighted by Gasteiger charge is 2.16. The molecule has 0 radical (unpaired) electrons. The van der Waals surface area contributed by atoms with Crippen LogP contribution in [-0.4, -0.2) is 23.9 Å². The Hall–Kier alpha value is -0.410. The Balaban J connectivity index is 2.43. The fourth-order valence-corrected chi connectivity index (χ4v) is 1.30. The molecule has 3 nitrogen and oxygen atoms in total. The van der Waals surface area contributed by atoms with E-state index in [2.05, 4.69) is 0 Å². The fourth-order valence-electron chi connectivity index (χ4n) is 1.30. The highest BCUT2D eigenvalue weighted by atomic mass is 16.1. The van der Waals surface area contributed by atoms with Gasteiger partial charge in [0.2, 0.25) is 0 Å². The maximum Gasteiger partial charge on any atom is 0.138 e. The lowest BCUT2D eigenvalue weighted by Crippen LogP contribution is -2.41. The predicted octanol–water partition coefficient (Wildman–Crippen LogP) is 0.304. The van der Waals surface area contributed by atoms with Crippen molar-refractivity contribution < 1.29 is 4.79 Å². The third kappa shape index (κ3) is 1.78. The average Bonchev–Trinajstić information content (AvgIpc) is 2.13. The summed E-state index contributed by atoms with van der Waals surface area (Å²) in [7, 11) is 0. The smallest absolute Gasteiger partial charge is 0.138 e. The van der Waals surface area contributed by atoms with Crippen LogP contribution in [0.15, 0.2) is 0 Å². The van der Waals surface area contributed by atoms with Crippen LogP contribution in [0.5, 0.6) is 0 Å². The molecule has 0 aromatic carbocycles. The van der Waals surface area contributed by atoms with E-state index >= 15 is 0 Å². The van der Waals surface area contributed by atoms with Gasteiger partial charge in [-0.15, -0.1) is 0 Å². The van der Waals surface area contributed by atoms with E-state index < -0.39 is 0 Å². The number of hydrogen-bond donors (Lipinski definition) is 1. The molecule has 1 saturated heterocycles. The highest BCUT2D eigenvalue weighted by Crippen LogP contribution is 2.11. The van der Waals surface area contributed by atoms with Crippen LogP contribution in [0.1, 0.15) is 25.7 Å². The molecule has 1 rings (SSSR count). The molecule has 0 aromatic rings. The maximum absolute atomic E-state index is 10.4. The summed E-state index contributed by atoms with van der Waals surface area (Å²) in [6.45, 7) is 0.864.